The molecule has 2 amide bonds. The number of hydrogen-bond acceptors (Lipinski definition) is 7. The van der Waals surface area contributed by atoms with Gasteiger partial charge in [0.15, 0.2) is 18.1 Å². The molecule has 3 rings (SSSR count). The minimum absolute atomic E-state index is 0.229. The van der Waals surface area contributed by atoms with E-state index in [1.54, 1.807) is 62.8 Å². The molecule has 0 unspecified atom stereocenters. The van der Waals surface area contributed by atoms with Crippen molar-refractivity contribution in [3.05, 3.63) is 83.4 Å². The highest BCUT2D eigenvalue weighted by Crippen LogP contribution is 2.27. The normalized spacial score (nSPS) is 11.1. The second-order valence-corrected chi connectivity index (χ2v) is 10.8. The summed E-state index contributed by atoms with van der Waals surface area (Å²) in [4.78, 5) is 25.4. The maximum Gasteiger partial charge on any atom is 0.262 e. The van der Waals surface area contributed by atoms with E-state index < -0.39 is 15.9 Å². The lowest BCUT2D eigenvalue weighted by Crippen LogP contribution is -2.28. The first kappa shape index (κ1) is 29.5. The number of amides is 2. The molecule has 0 aliphatic rings. The second kappa shape index (κ2) is 13.6. The van der Waals surface area contributed by atoms with Crippen molar-refractivity contribution in [2.75, 3.05) is 46.0 Å². The van der Waals surface area contributed by atoms with Crippen LogP contribution in [0.15, 0.2) is 66.7 Å². The molecule has 11 heteroatoms. The number of anilines is 1. The zero-order chi connectivity index (χ0) is 28.4. The predicted octanol–water partition coefficient (Wildman–Crippen LogP) is 3.09. The molecule has 0 saturated heterocycles. The first-order valence-electron chi connectivity index (χ1n) is 12.1. The third-order valence-corrected chi connectivity index (χ3v) is 7.12. The van der Waals surface area contributed by atoms with Gasteiger partial charge in [0.25, 0.3) is 11.8 Å². The van der Waals surface area contributed by atoms with Gasteiger partial charge in [-0.25, -0.2) is 12.7 Å². The fraction of sp³-hybridized carbons (Fsp3) is 0.286. The van der Waals surface area contributed by atoms with Crippen molar-refractivity contribution < 1.29 is 32.2 Å². The Kier molecular flexibility index (Phi) is 10.3. The SMILES string of the molecule is COc1ccc(CCNC(=O)c2ccccc2NC(=O)COc2ccc(CN(C)S(C)(=O)=O)cc2)cc1OC. The minimum atomic E-state index is -3.28. The number of ether oxygens (including phenoxy) is 3. The largest absolute Gasteiger partial charge is 0.493 e. The van der Waals surface area contributed by atoms with Gasteiger partial charge in [0.05, 0.1) is 31.7 Å². The molecule has 0 spiro atoms. The van der Waals surface area contributed by atoms with E-state index in [0.717, 1.165) is 17.4 Å². The highest BCUT2D eigenvalue weighted by Gasteiger charge is 2.14. The lowest BCUT2D eigenvalue weighted by Gasteiger charge is -2.14. The van der Waals surface area contributed by atoms with Crippen molar-refractivity contribution in [3.63, 3.8) is 0 Å². The van der Waals surface area contributed by atoms with Crippen LogP contribution in [0.2, 0.25) is 0 Å². The number of rotatable bonds is 13. The Morgan fingerprint density at radius 3 is 2.23 bits per heavy atom. The van der Waals surface area contributed by atoms with Crippen LogP contribution < -0.4 is 24.8 Å². The van der Waals surface area contributed by atoms with E-state index in [4.69, 9.17) is 14.2 Å². The molecule has 0 aromatic heterocycles. The number of nitrogens with zero attached hydrogens (tertiary/aromatic N) is 1. The highest BCUT2D eigenvalue weighted by molar-refractivity contribution is 7.88. The molecule has 0 fully saturated rings. The van der Waals surface area contributed by atoms with E-state index in [1.165, 1.54) is 11.4 Å². The minimum Gasteiger partial charge on any atom is -0.493 e. The van der Waals surface area contributed by atoms with E-state index >= 15 is 0 Å². The van der Waals surface area contributed by atoms with Gasteiger partial charge >= 0.3 is 0 Å². The smallest absolute Gasteiger partial charge is 0.262 e. The number of sulfonamides is 1. The van der Waals surface area contributed by atoms with Gasteiger partial charge in [-0.2, -0.15) is 0 Å². The van der Waals surface area contributed by atoms with Crippen LogP contribution in [0.1, 0.15) is 21.5 Å². The predicted molar refractivity (Wildman–Crippen MR) is 149 cm³/mol. The van der Waals surface area contributed by atoms with Gasteiger partial charge in [0.1, 0.15) is 5.75 Å². The van der Waals surface area contributed by atoms with Crippen LogP contribution in [0.3, 0.4) is 0 Å². The van der Waals surface area contributed by atoms with Gasteiger partial charge in [-0.1, -0.05) is 30.3 Å². The molecule has 3 aromatic rings. The van der Waals surface area contributed by atoms with Crippen LogP contribution in [0, 0.1) is 0 Å². The lowest BCUT2D eigenvalue weighted by molar-refractivity contribution is -0.118. The number of carbonyl (C=O) groups is 2. The molecule has 0 heterocycles. The summed E-state index contributed by atoms with van der Waals surface area (Å²) in [5, 5.41) is 5.60. The van der Waals surface area contributed by atoms with E-state index in [0.29, 0.717) is 41.5 Å². The van der Waals surface area contributed by atoms with Crippen molar-refractivity contribution >= 4 is 27.5 Å². The lowest BCUT2D eigenvalue weighted by atomic mass is 10.1. The molecule has 3 aromatic carbocycles. The Labute approximate surface area is 228 Å². The van der Waals surface area contributed by atoms with Crippen molar-refractivity contribution in [2.24, 2.45) is 0 Å². The Morgan fingerprint density at radius 2 is 1.56 bits per heavy atom. The van der Waals surface area contributed by atoms with Gasteiger partial charge in [-0.05, 0) is 53.9 Å². The van der Waals surface area contributed by atoms with Crippen molar-refractivity contribution in [2.45, 2.75) is 13.0 Å². The first-order valence-corrected chi connectivity index (χ1v) is 14.0. The molecule has 0 aliphatic carbocycles. The summed E-state index contributed by atoms with van der Waals surface area (Å²) in [6.45, 7) is 0.347. The molecule has 208 valence electrons. The highest BCUT2D eigenvalue weighted by atomic mass is 32.2. The molecule has 0 aliphatic heterocycles. The third-order valence-electron chi connectivity index (χ3n) is 5.86. The van der Waals surface area contributed by atoms with E-state index in [1.807, 2.05) is 18.2 Å². The standard InChI is InChI=1S/C28H33N3O7S/c1-31(39(4,34)35)18-21-9-12-22(13-10-21)38-19-27(32)30-24-8-6-5-7-23(24)28(33)29-16-15-20-11-14-25(36-2)26(17-20)37-3/h5-14,17H,15-16,18-19H2,1-4H3,(H,29,33)(H,30,32). The van der Waals surface area contributed by atoms with Crippen LogP contribution in [0.4, 0.5) is 5.69 Å². The van der Waals surface area contributed by atoms with Crippen LogP contribution in [0.25, 0.3) is 0 Å². The van der Waals surface area contributed by atoms with Gasteiger partial charge in [0, 0.05) is 20.1 Å². The summed E-state index contributed by atoms with van der Waals surface area (Å²) in [5.74, 6) is 0.959. The van der Waals surface area contributed by atoms with Crippen LogP contribution in [-0.4, -0.2) is 65.2 Å². The molecule has 39 heavy (non-hydrogen) atoms. The Balaban J connectivity index is 1.52. The molecular formula is C28H33N3O7S. The average Bonchev–Trinajstić information content (AvgIpc) is 2.92. The molecule has 10 nitrogen and oxygen atoms in total. The number of nitrogens with one attached hydrogen (secondary N) is 2. The van der Waals surface area contributed by atoms with Gasteiger partial charge < -0.3 is 24.8 Å². The van der Waals surface area contributed by atoms with Crippen LogP contribution in [0.5, 0.6) is 17.2 Å². The zero-order valence-corrected chi connectivity index (χ0v) is 23.2. The summed E-state index contributed by atoms with van der Waals surface area (Å²) in [7, 11) is 1.36. The molecule has 0 bridgehead atoms. The van der Waals surface area contributed by atoms with Gasteiger partial charge in [-0.15, -0.1) is 0 Å². The van der Waals surface area contributed by atoms with E-state index in [2.05, 4.69) is 10.6 Å². The number of para-hydroxylation sites is 1. The molecule has 0 atom stereocenters. The number of carbonyl (C=O) groups excluding carboxylic acids is 2. The first-order chi connectivity index (χ1) is 18.6. The number of hydrogen-bond donors (Lipinski definition) is 2. The molecule has 0 radical (unpaired) electrons. The Hall–Kier alpha value is -4.09. The number of benzene rings is 3. The third kappa shape index (κ3) is 8.72. The summed E-state index contributed by atoms with van der Waals surface area (Å²) in [6.07, 6.45) is 1.73. The Bertz CT molecular complexity index is 1390. The van der Waals surface area contributed by atoms with Crippen LogP contribution >= 0.6 is 0 Å². The molecular weight excluding hydrogens is 522 g/mol. The van der Waals surface area contributed by atoms with Crippen molar-refractivity contribution in [1.82, 2.24) is 9.62 Å². The molecule has 0 saturated carbocycles. The second-order valence-electron chi connectivity index (χ2n) is 8.74. The van der Waals surface area contributed by atoms with Gasteiger partial charge in [-0.3, -0.25) is 9.59 Å². The fourth-order valence-corrected chi connectivity index (χ4v) is 4.03. The maximum atomic E-state index is 12.8. The topological polar surface area (TPSA) is 123 Å². The van der Waals surface area contributed by atoms with Crippen LogP contribution in [-0.2, 0) is 27.8 Å². The van der Waals surface area contributed by atoms with Crippen molar-refractivity contribution in [3.8, 4) is 17.2 Å². The maximum absolute atomic E-state index is 12.8. The number of methoxy groups -OCH3 is 2. The Morgan fingerprint density at radius 1 is 0.897 bits per heavy atom. The quantitative estimate of drug-likeness (QED) is 0.332. The summed E-state index contributed by atoms with van der Waals surface area (Å²) >= 11 is 0. The van der Waals surface area contributed by atoms with E-state index in [9.17, 15) is 18.0 Å². The van der Waals surface area contributed by atoms with E-state index in [-0.39, 0.29) is 19.1 Å². The zero-order valence-electron chi connectivity index (χ0n) is 22.4. The monoisotopic (exact) mass is 555 g/mol. The average molecular weight is 556 g/mol. The summed E-state index contributed by atoms with van der Waals surface area (Å²) in [5.41, 5.74) is 2.46. The fourth-order valence-electron chi connectivity index (χ4n) is 3.64. The molecule has 2 N–H and O–H groups in total. The summed E-state index contributed by atoms with van der Waals surface area (Å²) < 4.78 is 40.5. The van der Waals surface area contributed by atoms with Crippen molar-refractivity contribution in [1.29, 1.82) is 0 Å². The van der Waals surface area contributed by atoms with Gasteiger partial charge in [0.2, 0.25) is 10.0 Å². The summed E-state index contributed by atoms with van der Waals surface area (Å²) in [6, 6.07) is 19.1.